The van der Waals surface area contributed by atoms with E-state index >= 15 is 0 Å². The molecule has 1 saturated heterocycles. The van der Waals surface area contributed by atoms with E-state index in [0.717, 1.165) is 19.5 Å². The van der Waals surface area contributed by atoms with Gasteiger partial charge in [0.05, 0.1) is 0 Å². The predicted octanol–water partition coefficient (Wildman–Crippen LogP) is 0.996. The van der Waals surface area contributed by atoms with Crippen LogP contribution in [0.2, 0.25) is 0 Å². The van der Waals surface area contributed by atoms with Crippen LogP contribution in [0.25, 0.3) is 0 Å². The van der Waals surface area contributed by atoms with E-state index in [1.165, 1.54) is 6.42 Å². The maximum Gasteiger partial charge on any atom is 0.221 e. The Balaban J connectivity index is 2.09. The van der Waals surface area contributed by atoms with E-state index in [2.05, 4.69) is 23.8 Å². The molecule has 4 heteroatoms. The fraction of sp³-hybridized carbons (Fsp3) is 0.900. The Morgan fingerprint density at radius 2 is 2.50 bits per heavy atom. The van der Waals surface area contributed by atoms with Gasteiger partial charge in [0.1, 0.15) is 0 Å². The molecule has 2 N–H and O–H groups in total. The second-order valence-corrected chi connectivity index (χ2v) is 5.12. The summed E-state index contributed by atoms with van der Waals surface area (Å²) in [6.45, 7) is 3.98. The van der Waals surface area contributed by atoms with Crippen molar-refractivity contribution in [2.45, 2.75) is 37.5 Å². The molecule has 1 aliphatic rings. The van der Waals surface area contributed by atoms with E-state index in [4.69, 9.17) is 0 Å². The molecule has 0 aromatic carbocycles. The Morgan fingerprint density at radius 3 is 3.07 bits per heavy atom. The summed E-state index contributed by atoms with van der Waals surface area (Å²) in [5.41, 5.74) is 0. The first kappa shape index (κ1) is 11.9. The van der Waals surface area contributed by atoms with Gasteiger partial charge in [-0.05, 0) is 25.6 Å². The molecule has 1 rings (SSSR count). The summed E-state index contributed by atoms with van der Waals surface area (Å²) in [5.74, 6) is 0.185. The summed E-state index contributed by atoms with van der Waals surface area (Å²) >= 11 is 1.78. The van der Waals surface area contributed by atoms with Crippen molar-refractivity contribution < 1.29 is 4.79 Å². The van der Waals surface area contributed by atoms with Crippen molar-refractivity contribution in [1.82, 2.24) is 10.6 Å². The molecule has 3 nitrogen and oxygen atoms in total. The number of carbonyl (C=O) groups is 1. The zero-order chi connectivity index (χ0) is 10.4. The smallest absolute Gasteiger partial charge is 0.221 e. The fourth-order valence-corrected chi connectivity index (χ4v) is 1.82. The maximum atomic E-state index is 11.5. The van der Waals surface area contributed by atoms with Gasteiger partial charge in [-0.1, -0.05) is 6.92 Å². The van der Waals surface area contributed by atoms with Crippen LogP contribution in [0.15, 0.2) is 0 Å². The van der Waals surface area contributed by atoms with Gasteiger partial charge in [-0.3, -0.25) is 4.79 Å². The maximum absolute atomic E-state index is 11.5. The Hall–Kier alpha value is -0.220. The van der Waals surface area contributed by atoms with Gasteiger partial charge < -0.3 is 10.6 Å². The van der Waals surface area contributed by atoms with E-state index in [0.29, 0.717) is 17.7 Å². The molecule has 2 atom stereocenters. The Kier molecular flexibility index (Phi) is 5.33. The molecule has 0 aliphatic carbocycles. The van der Waals surface area contributed by atoms with Crippen molar-refractivity contribution >= 4 is 17.7 Å². The van der Waals surface area contributed by atoms with E-state index in [1.54, 1.807) is 11.8 Å². The number of carbonyl (C=O) groups excluding carboxylic acids is 1. The van der Waals surface area contributed by atoms with Gasteiger partial charge in [-0.15, -0.1) is 0 Å². The van der Waals surface area contributed by atoms with Crippen LogP contribution in [-0.4, -0.2) is 36.5 Å². The van der Waals surface area contributed by atoms with Crippen LogP contribution in [-0.2, 0) is 4.79 Å². The highest BCUT2D eigenvalue weighted by molar-refractivity contribution is 7.99. The van der Waals surface area contributed by atoms with Crippen molar-refractivity contribution in [3.05, 3.63) is 0 Å². The van der Waals surface area contributed by atoms with Crippen LogP contribution in [0.5, 0.6) is 0 Å². The second kappa shape index (κ2) is 6.30. The Labute approximate surface area is 90.4 Å². The van der Waals surface area contributed by atoms with Gasteiger partial charge in [0, 0.05) is 24.3 Å². The number of thioether (sulfide) groups is 1. The topological polar surface area (TPSA) is 41.1 Å². The fourth-order valence-electron chi connectivity index (χ4n) is 1.57. The molecule has 1 aliphatic heterocycles. The largest absolute Gasteiger partial charge is 0.355 e. The van der Waals surface area contributed by atoms with Crippen LogP contribution in [0.4, 0.5) is 0 Å². The van der Waals surface area contributed by atoms with Crippen LogP contribution in [0.3, 0.4) is 0 Å². The molecular formula is C10H20N2OS. The Morgan fingerprint density at radius 1 is 1.71 bits per heavy atom. The van der Waals surface area contributed by atoms with Gasteiger partial charge in [0.15, 0.2) is 0 Å². The molecule has 0 bridgehead atoms. The van der Waals surface area contributed by atoms with Crippen LogP contribution in [0, 0.1) is 0 Å². The molecule has 1 fully saturated rings. The monoisotopic (exact) mass is 216 g/mol. The summed E-state index contributed by atoms with van der Waals surface area (Å²) in [4.78, 5) is 11.5. The quantitative estimate of drug-likeness (QED) is 0.720. The normalized spacial score (nSPS) is 23.4. The summed E-state index contributed by atoms with van der Waals surface area (Å²) in [5, 5.41) is 6.79. The molecular weight excluding hydrogens is 196 g/mol. The molecule has 1 heterocycles. The standard InChI is InChI=1S/C10H20N2OS/c1-8(14-2)7-12-10(13)6-9-4-3-5-11-9/h8-9,11H,3-7H2,1-2H3,(H,12,13)/t8-,9-/m1/s1. The van der Waals surface area contributed by atoms with Crippen LogP contribution < -0.4 is 10.6 Å². The lowest BCUT2D eigenvalue weighted by Gasteiger charge is -2.12. The molecule has 1 amide bonds. The first-order valence-corrected chi connectivity index (χ1v) is 6.54. The SMILES string of the molecule is CS[C@H](C)CNC(=O)C[C@H]1CCCN1. The molecule has 82 valence electrons. The van der Waals surface area contributed by atoms with E-state index in [-0.39, 0.29) is 5.91 Å². The third kappa shape index (κ3) is 4.33. The average Bonchev–Trinajstić information content (AvgIpc) is 2.66. The van der Waals surface area contributed by atoms with Gasteiger partial charge in [-0.25, -0.2) is 0 Å². The highest BCUT2D eigenvalue weighted by Crippen LogP contribution is 2.08. The zero-order valence-corrected chi connectivity index (χ0v) is 9.82. The first-order chi connectivity index (χ1) is 6.72. The second-order valence-electron chi connectivity index (χ2n) is 3.85. The van der Waals surface area contributed by atoms with Gasteiger partial charge in [0.2, 0.25) is 5.91 Å². The lowest BCUT2D eigenvalue weighted by atomic mass is 10.1. The van der Waals surface area contributed by atoms with Gasteiger partial charge >= 0.3 is 0 Å². The molecule has 0 unspecified atom stereocenters. The summed E-state index contributed by atoms with van der Waals surface area (Å²) in [6.07, 6.45) is 5.06. The predicted molar refractivity (Wildman–Crippen MR) is 61.6 cm³/mol. The lowest BCUT2D eigenvalue weighted by Crippen LogP contribution is -2.34. The summed E-state index contributed by atoms with van der Waals surface area (Å²) < 4.78 is 0. The number of nitrogens with one attached hydrogen (secondary N) is 2. The molecule has 0 radical (unpaired) electrons. The van der Waals surface area contributed by atoms with Crippen molar-refractivity contribution in [1.29, 1.82) is 0 Å². The summed E-state index contributed by atoms with van der Waals surface area (Å²) in [6, 6.07) is 0.416. The Bertz CT molecular complexity index is 181. The molecule has 0 saturated carbocycles. The van der Waals surface area contributed by atoms with Crippen molar-refractivity contribution in [3.8, 4) is 0 Å². The molecule has 0 spiro atoms. The average molecular weight is 216 g/mol. The number of amides is 1. The van der Waals surface area contributed by atoms with Crippen LogP contribution in [0.1, 0.15) is 26.2 Å². The number of hydrogen-bond acceptors (Lipinski definition) is 3. The van der Waals surface area contributed by atoms with E-state index in [1.807, 2.05) is 0 Å². The van der Waals surface area contributed by atoms with Gasteiger partial charge in [0.25, 0.3) is 0 Å². The molecule has 14 heavy (non-hydrogen) atoms. The van der Waals surface area contributed by atoms with Crippen LogP contribution >= 0.6 is 11.8 Å². The van der Waals surface area contributed by atoms with Crippen molar-refractivity contribution in [2.75, 3.05) is 19.3 Å². The van der Waals surface area contributed by atoms with Crippen molar-refractivity contribution in [2.24, 2.45) is 0 Å². The highest BCUT2D eigenvalue weighted by Gasteiger charge is 2.17. The van der Waals surface area contributed by atoms with E-state index in [9.17, 15) is 4.79 Å². The lowest BCUT2D eigenvalue weighted by molar-refractivity contribution is -0.121. The number of hydrogen-bond donors (Lipinski definition) is 2. The summed E-state index contributed by atoms with van der Waals surface area (Å²) in [7, 11) is 0. The molecule has 0 aromatic rings. The minimum Gasteiger partial charge on any atom is -0.355 e. The number of rotatable bonds is 5. The zero-order valence-electron chi connectivity index (χ0n) is 9.01. The first-order valence-electron chi connectivity index (χ1n) is 5.25. The minimum absolute atomic E-state index is 0.185. The molecule has 0 aromatic heterocycles. The third-order valence-corrected chi connectivity index (χ3v) is 3.55. The highest BCUT2D eigenvalue weighted by atomic mass is 32.2. The van der Waals surface area contributed by atoms with Gasteiger partial charge in [-0.2, -0.15) is 11.8 Å². The van der Waals surface area contributed by atoms with Crippen molar-refractivity contribution in [3.63, 3.8) is 0 Å². The van der Waals surface area contributed by atoms with E-state index < -0.39 is 0 Å². The minimum atomic E-state index is 0.185. The third-order valence-electron chi connectivity index (χ3n) is 2.58.